The van der Waals surface area contributed by atoms with E-state index in [-0.39, 0.29) is 22.2 Å². The standard InChI is InChI=1S/C13H22N4O3S/c1-7(2)20-6-4-3-5-17-13-8(11(15)18)9(14)10(21-13)12(16)19/h7,17H,3-6,14H2,1-2H3,(H2,15,18)(H2,16,19). The number of unbranched alkanes of at least 4 members (excludes halogenated alkanes) is 1. The van der Waals surface area contributed by atoms with E-state index in [1.807, 2.05) is 13.8 Å². The molecule has 1 heterocycles. The Morgan fingerprint density at radius 2 is 1.90 bits per heavy atom. The minimum atomic E-state index is -0.679. The molecule has 0 aliphatic carbocycles. The van der Waals surface area contributed by atoms with E-state index in [2.05, 4.69) is 5.32 Å². The molecule has 8 heteroatoms. The molecule has 0 atom stereocenters. The third kappa shape index (κ3) is 4.91. The van der Waals surface area contributed by atoms with Crippen LogP contribution < -0.4 is 22.5 Å². The summed E-state index contributed by atoms with van der Waals surface area (Å²) in [4.78, 5) is 22.8. The molecule has 0 saturated carbocycles. The van der Waals surface area contributed by atoms with Crippen LogP contribution in [0.15, 0.2) is 0 Å². The number of carbonyl (C=O) groups excluding carboxylic acids is 2. The van der Waals surface area contributed by atoms with Crippen molar-refractivity contribution < 1.29 is 14.3 Å². The van der Waals surface area contributed by atoms with Crippen molar-refractivity contribution in [1.82, 2.24) is 0 Å². The highest BCUT2D eigenvalue weighted by molar-refractivity contribution is 7.19. The first-order valence-corrected chi connectivity index (χ1v) is 7.53. The quantitative estimate of drug-likeness (QED) is 0.507. The van der Waals surface area contributed by atoms with E-state index < -0.39 is 11.8 Å². The Balaban J connectivity index is 2.60. The van der Waals surface area contributed by atoms with Crippen LogP contribution in [-0.2, 0) is 4.74 Å². The Hall–Kier alpha value is -1.80. The molecule has 0 spiro atoms. The number of hydrogen-bond acceptors (Lipinski definition) is 6. The highest BCUT2D eigenvalue weighted by atomic mass is 32.1. The summed E-state index contributed by atoms with van der Waals surface area (Å²) in [6.45, 7) is 5.27. The third-order valence-electron chi connectivity index (χ3n) is 2.72. The van der Waals surface area contributed by atoms with E-state index in [9.17, 15) is 9.59 Å². The van der Waals surface area contributed by atoms with E-state index in [4.69, 9.17) is 21.9 Å². The number of primary amides is 2. The van der Waals surface area contributed by atoms with Gasteiger partial charge in [0.15, 0.2) is 0 Å². The molecule has 118 valence electrons. The van der Waals surface area contributed by atoms with Gasteiger partial charge in [0.1, 0.15) is 9.88 Å². The molecule has 2 amide bonds. The zero-order chi connectivity index (χ0) is 16.0. The Bertz CT molecular complexity index is 514. The Kier molecular flexibility index (Phi) is 6.44. The van der Waals surface area contributed by atoms with Gasteiger partial charge in [-0.25, -0.2) is 0 Å². The number of ether oxygens (including phenoxy) is 1. The predicted molar refractivity (Wildman–Crippen MR) is 84.6 cm³/mol. The maximum Gasteiger partial charge on any atom is 0.260 e. The van der Waals surface area contributed by atoms with Gasteiger partial charge in [0, 0.05) is 13.2 Å². The van der Waals surface area contributed by atoms with Gasteiger partial charge in [0.05, 0.1) is 17.4 Å². The van der Waals surface area contributed by atoms with Crippen LogP contribution in [0.4, 0.5) is 10.7 Å². The van der Waals surface area contributed by atoms with Gasteiger partial charge in [-0.1, -0.05) is 0 Å². The molecular weight excluding hydrogens is 292 g/mol. The van der Waals surface area contributed by atoms with Crippen LogP contribution in [0.1, 0.15) is 46.7 Å². The molecule has 0 bridgehead atoms. The minimum Gasteiger partial charge on any atom is -0.397 e. The number of anilines is 2. The van der Waals surface area contributed by atoms with Gasteiger partial charge < -0.3 is 27.3 Å². The number of nitrogens with one attached hydrogen (secondary N) is 1. The van der Waals surface area contributed by atoms with Gasteiger partial charge in [0.25, 0.3) is 11.8 Å². The van der Waals surface area contributed by atoms with Crippen molar-refractivity contribution >= 4 is 33.8 Å². The summed E-state index contributed by atoms with van der Waals surface area (Å²) in [5.41, 5.74) is 16.4. The van der Waals surface area contributed by atoms with E-state index in [1.165, 1.54) is 0 Å². The monoisotopic (exact) mass is 314 g/mol. The fourth-order valence-electron chi connectivity index (χ4n) is 1.74. The van der Waals surface area contributed by atoms with Gasteiger partial charge in [0.2, 0.25) is 0 Å². The molecule has 7 N–H and O–H groups in total. The highest BCUT2D eigenvalue weighted by Crippen LogP contribution is 2.35. The van der Waals surface area contributed by atoms with Crippen molar-refractivity contribution in [3.63, 3.8) is 0 Å². The summed E-state index contributed by atoms with van der Waals surface area (Å²) in [5.74, 6) is -1.35. The molecule has 1 rings (SSSR count). The second-order valence-corrected chi connectivity index (χ2v) is 5.85. The third-order valence-corrected chi connectivity index (χ3v) is 3.90. The minimum absolute atomic E-state index is 0.0469. The van der Waals surface area contributed by atoms with Crippen molar-refractivity contribution in [2.45, 2.75) is 32.8 Å². The largest absolute Gasteiger partial charge is 0.397 e. The fourth-order valence-corrected chi connectivity index (χ4v) is 2.75. The first-order chi connectivity index (χ1) is 9.84. The average molecular weight is 314 g/mol. The van der Waals surface area contributed by atoms with Crippen molar-refractivity contribution in [1.29, 1.82) is 0 Å². The average Bonchev–Trinajstić information content (AvgIpc) is 2.70. The van der Waals surface area contributed by atoms with Gasteiger partial charge in [-0.15, -0.1) is 11.3 Å². The van der Waals surface area contributed by atoms with Crippen molar-refractivity contribution in [3.05, 3.63) is 10.4 Å². The first-order valence-electron chi connectivity index (χ1n) is 6.72. The molecule has 0 fully saturated rings. The Morgan fingerprint density at radius 3 is 2.43 bits per heavy atom. The van der Waals surface area contributed by atoms with Crippen LogP contribution >= 0.6 is 11.3 Å². The SMILES string of the molecule is CC(C)OCCCCNc1sc(C(N)=O)c(N)c1C(N)=O. The molecule has 0 aliphatic rings. The number of amides is 2. The molecule has 21 heavy (non-hydrogen) atoms. The van der Waals surface area contributed by atoms with Crippen LogP contribution in [0.3, 0.4) is 0 Å². The summed E-state index contributed by atoms with van der Waals surface area (Å²) in [5, 5.41) is 3.56. The van der Waals surface area contributed by atoms with E-state index in [0.717, 1.165) is 24.2 Å². The molecule has 0 radical (unpaired) electrons. The fraction of sp³-hybridized carbons (Fsp3) is 0.538. The van der Waals surface area contributed by atoms with Crippen LogP contribution in [0.5, 0.6) is 0 Å². The number of hydrogen-bond donors (Lipinski definition) is 4. The normalized spacial score (nSPS) is 10.8. The van der Waals surface area contributed by atoms with E-state index >= 15 is 0 Å². The lowest BCUT2D eigenvalue weighted by molar-refractivity contribution is 0.0765. The Labute approximate surface area is 127 Å². The maximum absolute atomic E-state index is 11.4. The number of carbonyl (C=O) groups is 2. The zero-order valence-corrected chi connectivity index (χ0v) is 13.1. The summed E-state index contributed by atoms with van der Waals surface area (Å²) >= 11 is 1.05. The molecule has 1 aromatic heterocycles. The van der Waals surface area contributed by atoms with Gasteiger partial charge in [-0.05, 0) is 26.7 Å². The van der Waals surface area contributed by atoms with Crippen molar-refractivity contribution in [2.24, 2.45) is 11.5 Å². The second-order valence-electron chi connectivity index (χ2n) is 4.83. The topological polar surface area (TPSA) is 133 Å². The highest BCUT2D eigenvalue weighted by Gasteiger charge is 2.22. The summed E-state index contributed by atoms with van der Waals surface area (Å²) < 4.78 is 5.43. The van der Waals surface area contributed by atoms with Gasteiger partial charge in [-0.2, -0.15) is 0 Å². The number of thiophene rings is 1. The van der Waals surface area contributed by atoms with Crippen molar-refractivity contribution in [3.8, 4) is 0 Å². The molecule has 0 aromatic carbocycles. The first kappa shape index (κ1) is 17.3. The zero-order valence-electron chi connectivity index (χ0n) is 12.3. The van der Waals surface area contributed by atoms with E-state index in [1.54, 1.807) is 0 Å². The lowest BCUT2D eigenvalue weighted by Gasteiger charge is -2.08. The molecule has 0 saturated heterocycles. The molecule has 1 aromatic rings. The number of rotatable bonds is 9. The van der Waals surface area contributed by atoms with Crippen LogP contribution in [0, 0.1) is 0 Å². The molecule has 0 unspecified atom stereocenters. The summed E-state index contributed by atoms with van der Waals surface area (Å²) in [6.07, 6.45) is 1.96. The number of nitrogen functional groups attached to an aromatic ring is 1. The number of nitrogens with two attached hydrogens (primary N) is 3. The second kappa shape index (κ2) is 7.84. The van der Waals surface area contributed by atoms with Crippen LogP contribution in [-0.4, -0.2) is 31.1 Å². The summed E-state index contributed by atoms with van der Waals surface area (Å²) in [6, 6.07) is 0. The molecular formula is C13H22N4O3S. The maximum atomic E-state index is 11.4. The molecule has 0 aliphatic heterocycles. The van der Waals surface area contributed by atoms with Gasteiger partial charge in [-0.3, -0.25) is 9.59 Å². The van der Waals surface area contributed by atoms with Gasteiger partial charge >= 0.3 is 0 Å². The van der Waals surface area contributed by atoms with E-state index in [0.29, 0.717) is 18.2 Å². The molecule has 7 nitrogen and oxygen atoms in total. The van der Waals surface area contributed by atoms with Crippen LogP contribution in [0.2, 0.25) is 0 Å². The van der Waals surface area contributed by atoms with Crippen molar-refractivity contribution in [2.75, 3.05) is 24.2 Å². The predicted octanol–water partition coefficient (Wildman–Crippen LogP) is 1.15. The van der Waals surface area contributed by atoms with Crippen LogP contribution in [0.25, 0.3) is 0 Å². The smallest absolute Gasteiger partial charge is 0.260 e. The lowest BCUT2D eigenvalue weighted by atomic mass is 10.2. The Morgan fingerprint density at radius 1 is 1.24 bits per heavy atom. The lowest BCUT2D eigenvalue weighted by Crippen LogP contribution is -2.16. The summed E-state index contributed by atoms with van der Waals surface area (Å²) in [7, 11) is 0.